The quantitative estimate of drug-likeness (QED) is 0.500. The molecular formula is C14H26ClN3O4. The molecule has 1 saturated heterocycles. The number of rotatable bonds is 5. The second-order valence-corrected chi connectivity index (χ2v) is 4.64. The first-order valence-electron chi connectivity index (χ1n) is 7.05. The standard InChI is InChI=1S/C7H13NO3.C4H11NO.C3H2ClN/c1-2-8-3-4-11-6(5-8)7(9)10;1-2-5-3-4-6;1-3(4)2-5/h6H,2-5H2,1H3,(H,9,10);5-6H,2-4H2,1H3;1H2. The maximum atomic E-state index is 10.5. The smallest absolute Gasteiger partial charge is 0.334 e. The molecule has 0 aromatic rings. The highest BCUT2D eigenvalue weighted by Gasteiger charge is 2.24. The van der Waals surface area contributed by atoms with Crippen LogP contribution >= 0.6 is 11.6 Å². The van der Waals surface area contributed by atoms with E-state index in [-0.39, 0.29) is 11.6 Å². The Morgan fingerprint density at radius 3 is 2.50 bits per heavy atom. The summed E-state index contributed by atoms with van der Waals surface area (Å²) < 4.78 is 5.03. The van der Waals surface area contributed by atoms with Crippen molar-refractivity contribution in [3.8, 4) is 6.07 Å². The van der Waals surface area contributed by atoms with Crippen molar-refractivity contribution in [3.05, 3.63) is 11.6 Å². The third-order valence-corrected chi connectivity index (χ3v) is 2.62. The minimum atomic E-state index is -0.858. The predicted octanol–water partition coefficient (Wildman–Crippen LogP) is 0.642. The zero-order valence-electron chi connectivity index (χ0n) is 13.2. The van der Waals surface area contributed by atoms with Gasteiger partial charge in [-0.25, -0.2) is 4.79 Å². The van der Waals surface area contributed by atoms with Gasteiger partial charge < -0.3 is 20.3 Å². The minimum absolute atomic E-state index is 0.0324. The fourth-order valence-corrected chi connectivity index (χ4v) is 1.39. The second kappa shape index (κ2) is 16.2. The van der Waals surface area contributed by atoms with Gasteiger partial charge in [-0.05, 0) is 13.1 Å². The number of hydrogen-bond acceptors (Lipinski definition) is 6. The molecule has 1 heterocycles. The fourth-order valence-electron chi connectivity index (χ4n) is 1.39. The van der Waals surface area contributed by atoms with Crippen LogP contribution in [-0.2, 0) is 9.53 Å². The Morgan fingerprint density at radius 2 is 2.18 bits per heavy atom. The molecule has 1 fully saturated rings. The number of aliphatic carboxylic acids is 1. The average Bonchev–Trinajstić information content (AvgIpc) is 2.54. The molecule has 0 aromatic heterocycles. The number of carboxylic acids is 1. The third-order valence-electron chi connectivity index (χ3n) is 2.53. The van der Waals surface area contributed by atoms with Gasteiger partial charge >= 0.3 is 5.97 Å². The zero-order chi connectivity index (χ0) is 17.4. The van der Waals surface area contributed by atoms with Crippen LogP contribution in [0.1, 0.15) is 13.8 Å². The van der Waals surface area contributed by atoms with Gasteiger partial charge in [0.1, 0.15) is 11.1 Å². The highest BCUT2D eigenvalue weighted by Crippen LogP contribution is 2.03. The summed E-state index contributed by atoms with van der Waals surface area (Å²) in [5.41, 5.74) is 0. The number of nitrogens with one attached hydrogen (secondary N) is 1. The summed E-state index contributed by atoms with van der Waals surface area (Å²) in [5, 5.41) is 27.4. The summed E-state index contributed by atoms with van der Waals surface area (Å²) in [5.74, 6) is -0.858. The van der Waals surface area contributed by atoms with Gasteiger partial charge in [-0.1, -0.05) is 32.0 Å². The molecule has 1 aliphatic rings. The minimum Gasteiger partial charge on any atom is -0.479 e. The Kier molecular flexibility index (Phi) is 17.0. The van der Waals surface area contributed by atoms with Crippen molar-refractivity contribution < 1.29 is 19.7 Å². The number of aliphatic hydroxyl groups is 1. The number of halogens is 1. The molecule has 0 aliphatic carbocycles. The lowest BCUT2D eigenvalue weighted by Gasteiger charge is -2.29. The van der Waals surface area contributed by atoms with Crippen molar-refractivity contribution in [2.75, 3.05) is 45.9 Å². The Balaban J connectivity index is 0. The molecule has 0 saturated carbocycles. The number of ether oxygens (including phenoxy) is 1. The maximum Gasteiger partial charge on any atom is 0.334 e. The van der Waals surface area contributed by atoms with Crippen LogP contribution in [0.2, 0.25) is 0 Å². The Bertz CT molecular complexity index is 343. The van der Waals surface area contributed by atoms with Crippen molar-refractivity contribution in [1.29, 1.82) is 5.26 Å². The zero-order valence-corrected chi connectivity index (χ0v) is 14.0. The number of nitriles is 1. The first kappa shape index (κ1) is 23.1. The summed E-state index contributed by atoms with van der Waals surface area (Å²) in [4.78, 5) is 12.5. The molecule has 22 heavy (non-hydrogen) atoms. The molecule has 1 atom stereocenters. The second-order valence-electron chi connectivity index (χ2n) is 4.18. The summed E-state index contributed by atoms with van der Waals surface area (Å²) in [6, 6.07) is 1.60. The van der Waals surface area contributed by atoms with Crippen LogP contribution in [0.3, 0.4) is 0 Å². The number of morpholine rings is 1. The van der Waals surface area contributed by atoms with Gasteiger partial charge in [-0.3, -0.25) is 4.90 Å². The molecule has 8 heteroatoms. The molecule has 3 N–H and O–H groups in total. The Labute approximate surface area is 137 Å². The summed E-state index contributed by atoms with van der Waals surface area (Å²) in [6.45, 7) is 11.8. The van der Waals surface area contributed by atoms with Gasteiger partial charge in [0.05, 0.1) is 13.2 Å². The number of carboxylic acid groups (broad SMARTS) is 1. The molecule has 128 valence electrons. The van der Waals surface area contributed by atoms with Crippen molar-refractivity contribution >= 4 is 17.6 Å². The van der Waals surface area contributed by atoms with Gasteiger partial charge in [0.2, 0.25) is 0 Å². The normalized spacial score (nSPS) is 17.1. The van der Waals surface area contributed by atoms with Crippen LogP contribution in [0.25, 0.3) is 0 Å². The number of hydrogen-bond donors (Lipinski definition) is 3. The highest BCUT2D eigenvalue weighted by atomic mass is 35.5. The fraction of sp³-hybridized carbons (Fsp3) is 0.714. The maximum absolute atomic E-state index is 10.5. The Morgan fingerprint density at radius 1 is 1.59 bits per heavy atom. The number of nitrogens with zero attached hydrogens (tertiary/aromatic N) is 2. The van der Waals surface area contributed by atoms with E-state index in [0.717, 1.165) is 26.2 Å². The van der Waals surface area contributed by atoms with Crippen molar-refractivity contribution in [1.82, 2.24) is 10.2 Å². The van der Waals surface area contributed by atoms with E-state index < -0.39 is 12.1 Å². The summed E-state index contributed by atoms with van der Waals surface area (Å²) >= 11 is 4.91. The molecule has 0 aromatic carbocycles. The van der Waals surface area contributed by atoms with E-state index in [4.69, 9.17) is 31.8 Å². The van der Waals surface area contributed by atoms with E-state index in [0.29, 0.717) is 13.2 Å². The van der Waals surface area contributed by atoms with Crippen molar-refractivity contribution in [3.63, 3.8) is 0 Å². The molecule has 0 spiro atoms. The average molecular weight is 336 g/mol. The topological polar surface area (TPSA) is 106 Å². The van der Waals surface area contributed by atoms with Crippen LogP contribution in [0.4, 0.5) is 0 Å². The number of allylic oxidation sites excluding steroid dienone is 1. The number of likely N-dealkylation sites (N-methyl/N-ethyl adjacent to an activating group) is 2. The van der Waals surface area contributed by atoms with Gasteiger partial charge in [0.25, 0.3) is 0 Å². The molecule has 7 nitrogen and oxygen atoms in total. The lowest BCUT2D eigenvalue weighted by atomic mass is 10.3. The van der Waals surface area contributed by atoms with Gasteiger partial charge in [0, 0.05) is 19.6 Å². The number of carbonyl (C=O) groups is 1. The Hall–Kier alpha value is -1.17. The van der Waals surface area contributed by atoms with Crippen LogP contribution in [0.15, 0.2) is 11.6 Å². The summed E-state index contributed by atoms with van der Waals surface area (Å²) in [7, 11) is 0. The first-order valence-corrected chi connectivity index (χ1v) is 7.43. The molecule has 1 rings (SSSR count). The molecule has 0 radical (unpaired) electrons. The third kappa shape index (κ3) is 15.2. The van der Waals surface area contributed by atoms with Gasteiger partial charge in [-0.15, -0.1) is 0 Å². The molecule has 0 amide bonds. The van der Waals surface area contributed by atoms with Crippen LogP contribution in [0, 0.1) is 11.3 Å². The molecule has 1 unspecified atom stereocenters. The molecular weight excluding hydrogens is 310 g/mol. The predicted molar refractivity (Wildman–Crippen MR) is 85.7 cm³/mol. The van der Waals surface area contributed by atoms with E-state index >= 15 is 0 Å². The van der Waals surface area contributed by atoms with Crippen LogP contribution < -0.4 is 5.32 Å². The number of aliphatic hydroxyl groups excluding tert-OH is 1. The van der Waals surface area contributed by atoms with Crippen molar-refractivity contribution in [2.24, 2.45) is 0 Å². The van der Waals surface area contributed by atoms with E-state index in [9.17, 15) is 4.79 Å². The van der Waals surface area contributed by atoms with E-state index in [1.165, 1.54) is 0 Å². The van der Waals surface area contributed by atoms with E-state index in [1.54, 1.807) is 6.07 Å². The van der Waals surface area contributed by atoms with Gasteiger partial charge in [-0.2, -0.15) is 5.26 Å². The largest absolute Gasteiger partial charge is 0.479 e. The van der Waals surface area contributed by atoms with Crippen molar-refractivity contribution in [2.45, 2.75) is 20.0 Å². The lowest BCUT2D eigenvalue weighted by molar-refractivity contribution is -0.155. The highest BCUT2D eigenvalue weighted by molar-refractivity contribution is 6.31. The first-order chi connectivity index (χ1) is 10.4. The molecule has 1 aliphatic heterocycles. The monoisotopic (exact) mass is 335 g/mol. The SMILES string of the molecule is C=C(Cl)C#N.CCN1CCOC(C(=O)O)C1.CCNCCO. The summed E-state index contributed by atoms with van der Waals surface area (Å²) in [6.07, 6.45) is -0.622. The van der Waals surface area contributed by atoms with Crippen LogP contribution in [-0.4, -0.2) is 73.1 Å². The van der Waals surface area contributed by atoms with Gasteiger partial charge in [0.15, 0.2) is 6.10 Å². The van der Waals surface area contributed by atoms with E-state index in [1.807, 2.05) is 13.8 Å². The lowest BCUT2D eigenvalue weighted by Crippen LogP contribution is -2.45. The van der Waals surface area contributed by atoms with Crippen LogP contribution in [0.5, 0.6) is 0 Å². The van der Waals surface area contributed by atoms with E-state index in [2.05, 4.69) is 16.8 Å². The molecule has 0 bridgehead atoms.